The molecule has 4 heteroatoms. The third-order valence-corrected chi connectivity index (χ3v) is 3.27. The van der Waals surface area contributed by atoms with Crippen LogP contribution in [0.5, 0.6) is 0 Å². The Kier molecular flexibility index (Phi) is 5.60. The van der Waals surface area contributed by atoms with Crippen molar-refractivity contribution in [1.82, 2.24) is 5.43 Å². The molecular weight excluding hydrogens is 248 g/mol. The highest BCUT2D eigenvalue weighted by atomic mass is 35.5. The summed E-state index contributed by atoms with van der Waals surface area (Å²) < 4.78 is 5.59. The fraction of sp³-hybridized carbons (Fsp3) is 0.571. The second kappa shape index (κ2) is 6.53. The molecule has 18 heavy (non-hydrogen) atoms. The largest absolute Gasteiger partial charge is 0.379 e. The minimum Gasteiger partial charge on any atom is -0.379 e. The van der Waals surface area contributed by atoms with Gasteiger partial charge in [0.15, 0.2) is 0 Å². The fourth-order valence-electron chi connectivity index (χ4n) is 2.29. The van der Waals surface area contributed by atoms with Crippen molar-refractivity contribution in [3.63, 3.8) is 0 Å². The van der Waals surface area contributed by atoms with Gasteiger partial charge in [-0.25, -0.2) is 0 Å². The van der Waals surface area contributed by atoms with E-state index in [-0.39, 0.29) is 17.6 Å². The third kappa shape index (κ3) is 4.25. The summed E-state index contributed by atoms with van der Waals surface area (Å²) in [7, 11) is 1.72. The maximum absolute atomic E-state index is 5.99. The predicted octanol–water partition coefficient (Wildman–Crippen LogP) is 2.78. The Morgan fingerprint density at radius 2 is 2.06 bits per heavy atom. The average Bonchev–Trinajstić information content (AvgIpc) is 2.26. The average molecular weight is 271 g/mol. The zero-order valence-electron chi connectivity index (χ0n) is 11.5. The zero-order chi connectivity index (χ0) is 13.8. The Bertz CT molecular complexity index is 376. The van der Waals surface area contributed by atoms with Gasteiger partial charge < -0.3 is 4.74 Å². The maximum Gasteiger partial charge on any atom is 0.0789 e. The van der Waals surface area contributed by atoms with E-state index in [0.717, 1.165) is 17.0 Å². The van der Waals surface area contributed by atoms with Crippen molar-refractivity contribution < 1.29 is 4.74 Å². The van der Waals surface area contributed by atoms with Gasteiger partial charge in [0.05, 0.1) is 12.1 Å². The van der Waals surface area contributed by atoms with E-state index in [1.807, 2.05) is 24.3 Å². The van der Waals surface area contributed by atoms with E-state index >= 15 is 0 Å². The van der Waals surface area contributed by atoms with Crippen molar-refractivity contribution in [3.8, 4) is 0 Å². The van der Waals surface area contributed by atoms with Gasteiger partial charge >= 0.3 is 0 Å². The fourth-order valence-corrected chi connectivity index (χ4v) is 2.51. The maximum atomic E-state index is 5.99. The molecule has 0 radical (unpaired) electrons. The number of nitrogens with two attached hydrogens (primary N) is 1. The Hall–Kier alpha value is -0.610. The second-order valence-electron chi connectivity index (χ2n) is 5.63. The molecule has 2 atom stereocenters. The topological polar surface area (TPSA) is 47.3 Å². The van der Waals surface area contributed by atoms with Crippen LogP contribution >= 0.6 is 11.6 Å². The number of hydrogen-bond donors (Lipinski definition) is 2. The van der Waals surface area contributed by atoms with E-state index in [1.54, 1.807) is 7.11 Å². The van der Waals surface area contributed by atoms with E-state index < -0.39 is 0 Å². The number of hydrazine groups is 1. The molecule has 1 aromatic carbocycles. The molecule has 0 aromatic heterocycles. The lowest BCUT2D eigenvalue weighted by molar-refractivity contribution is -0.0110. The summed E-state index contributed by atoms with van der Waals surface area (Å²) in [6.45, 7) is 6.43. The molecule has 1 aromatic rings. The van der Waals surface area contributed by atoms with Gasteiger partial charge in [-0.2, -0.15) is 0 Å². The lowest BCUT2D eigenvalue weighted by Gasteiger charge is -2.35. The van der Waals surface area contributed by atoms with Gasteiger partial charge in [0, 0.05) is 12.1 Å². The smallest absolute Gasteiger partial charge is 0.0789 e. The molecule has 0 heterocycles. The van der Waals surface area contributed by atoms with Crippen molar-refractivity contribution in [2.75, 3.05) is 7.11 Å². The summed E-state index contributed by atoms with van der Waals surface area (Å²) in [4.78, 5) is 0. The molecule has 0 fully saturated rings. The molecule has 0 amide bonds. The summed E-state index contributed by atoms with van der Waals surface area (Å²) in [6, 6.07) is 7.87. The van der Waals surface area contributed by atoms with Crippen LogP contribution in [0.1, 0.15) is 26.3 Å². The Labute approximate surface area is 115 Å². The van der Waals surface area contributed by atoms with Crippen LogP contribution in [0.15, 0.2) is 24.3 Å². The van der Waals surface area contributed by atoms with Gasteiger partial charge in [0.1, 0.15) is 0 Å². The molecular formula is C14H23ClN2O. The zero-order valence-corrected chi connectivity index (χ0v) is 12.3. The number of benzene rings is 1. The van der Waals surface area contributed by atoms with Crippen LogP contribution in [-0.4, -0.2) is 19.3 Å². The first-order chi connectivity index (χ1) is 8.38. The lowest BCUT2D eigenvalue weighted by Crippen LogP contribution is -2.51. The molecule has 0 aliphatic heterocycles. The molecule has 3 nitrogen and oxygen atoms in total. The van der Waals surface area contributed by atoms with Crippen molar-refractivity contribution in [3.05, 3.63) is 34.9 Å². The summed E-state index contributed by atoms with van der Waals surface area (Å²) >= 11 is 5.99. The van der Waals surface area contributed by atoms with E-state index in [2.05, 4.69) is 26.2 Å². The minimum atomic E-state index is 0.0182. The number of methoxy groups -OCH3 is 1. The quantitative estimate of drug-likeness (QED) is 0.639. The molecule has 0 aliphatic rings. The summed E-state index contributed by atoms with van der Waals surface area (Å²) in [5.41, 5.74) is 4.03. The van der Waals surface area contributed by atoms with Gasteiger partial charge in [-0.05, 0) is 29.5 Å². The Morgan fingerprint density at radius 1 is 1.39 bits per heavy atom. The SMILES string of the molecule is COC(C(Cc1cccc(Cl)c1)NN)C(C)(C)C. The van der Waals surface area contributed by atoms with Gasteiger partial charge in [0.2, 0.25) is 0 Å². The van der Waals surface area contributed by atoms with Crippen LogP contribution in [0, 0.1) is 5.41 Å². The molecule has 102 valence electrons. The first kappa shape index (κ1) is 15.4. The highest BCUT2D eigenvalue weighted by molar-refractivity contribution is 6.30. The minimum absolute atomic E-state index is 0.0182. The number of ether oxygens (including phenoxy) is 1. The highest BCUT2D eigenvalue weighted by Crippen LogP contribution is 2.26. The van der Waals surface area contributed by atoms with E-state index in [0.29, 0.717) is 0 Å². The van der Waals surface area contributed by atoms with Gasteiger partial charge in [-0.1, -0.05) is 44.5 Å². The van der Waals surface area contributed by atoms with Gasteiger partial charge in [-0.15, -0.1) is 0 Å². The molecule has 1 rings (SSSR count). The van der Waals surface area contributed by atoms with Crippen LogP contribution < -0.4 is 11.3 Å². The molecule has 2 unspecified atom stereocenters. The molecule has 3 N–H and O–H groups in total. The second-order valence-corrected chi connectivity index (χ2v) is 6.07. The van der Waals surface area contributed by atoms with Gasteiger partial charge in [0.25, 0.3) is 0 Å². The van der Waals surface area contributed by atoms with Crippen LogP contribution in [-0.2, 0) is 11.2 Å². The number of nitrogens with one attached hydrogen (secondary N) is 1. The van der Waals surface area contributed by atoms with Crippen molar-refractivity contribution >= 4 is 11.6 Å². The van der Waals surface area contributed by atoms with E-state index in [1.165, 1.54) is 0 Å². The van der Waals surface area contributed by atoms with Crippen LogP contribution in [0.3, 0.4) is 0 Å². The highest BCUT2D eigenvalue weighted by Gasteiger charge is 2.31. The monoisotopic (exact) mass is 270 g/mol. The first-order valence-electron chi connectivity index (χ1n) is 6.12. The van der Waals surface area contributed by atoms with Crippen LogP contribution in [0.2, 0.25) is 5.02 Å². The van der Waals surface area contributed by atoms with Crippen molar-refractivity contribution in [1.29, 1.82) is 0 Å². The standard InChI is InChI=1S/C14H23ClN2O/c1-14(2,3)13(18-4)12(17-16)9-10-6-5-7-11(15)8-10/h5-8,12-13,17H,9,16H2,1-4H3. The first-order valence-corrected chi connectivity index (χ1v) is 6.49. The third-order valence-electron chi connectivity index (χ3n) is 3.03. The summed E-state index contributed by atoms with van der Waals surface area (Å²) in [6.07, 6.45) is 0.814. The lowest BCUT2D eigenvalue weighted by atomic mass is 9.82. The number of rotatable bonds is 5. The van der Waals surface area contributed by atoms with Crippen LogP contribution in [0.25, 0.3) is 0 Å². The van der Waals surface area contributed by atoms with E-state index in [9.17, 15) is 0 Å². The molecule has 0 saturated carbocycles. The molecule has 0 spiro atoms. The van der Waals surface area contributed by atoms with E-state index in [4.69, 9.17) is 22.2 Å². The molecule has 0 bridgehead atoms. The summed E-state index contributed by atoms with van der Waals surface area (Å²) in [5.74, 6) is 5.67. The summed E-state index contributed by atoms with van der Waals surface area (Å²) in [5, 5.41) is 0.744. The predicted molar refractivity (Wildman–Crippen MR) is 76.5 cm³/mol. The van der Waals surface area contributed by atoms with Gasteiger partial charge in [-0.3, -0.25) is 11.3 Å². The normalized spacial score (nSPS) is 15.4. The van der Waals surface area contributed by atoms with Crippen molar-refractivity contribution in [2.24, 2.45) is 11.3 Å². The molecule has 0 saturated heterocycles. The number of hydrogen-bond acceptors (Lipinski definition) is 3. The Balaban J connectivity index is 2.84. The Morgan fingerprint density at radius 3 is 2.50 bits per heavy atom. The van der Waals surface area contributed by atoms with Crippen molar-refractivity contribution in [2.45, 2.75) is 39.3 Å². The van der Waals surface area contributed by atoms with Crippen LogP contribution in [0.4, 0.5) is 0 Å². The molecule has 0 aliphatic carbocycles. The number of halogens is 1.